The van der Waals surface area contributed by atoms with Crippen molar-refractivity contribution in [3.05, 3.63) is 174 Å². The minimum atomic E-state index is -0.256. The largest absolute Gasteiger partial charge is 0.493 e. The summed E-state index contributed by atoms with van der Waals surface area (Å²) in [5.41, 5.74) is 6.58. The molecule has 0 spiro atoms. The van der Waals surface area contributed by atoms with Gasteiger partial charge in [0.1, 0.15) is 0 Å². The van der Waals surface area contributed by atoms with Crippen molar-refractivity contribution in [3.8, 4) is 11.8 Å². The molecule has 3 aromatic carbocycles. The van der Waals surface area contributed by atoms with Gasteiger partial charge in [-0.05, 0) is 45.7 Å². The predicted octanol–water partition coefficient (Wildman–Crippen LogP) is 7.68. The number of Topliss-reactive ketones (excluding diaryl/α,β-unsaturated/α-hetero) is 1. The lowest BCUT2D eigenvalue weighted by molar-refractivity contribution is 0.102. The number of ketones is 1. The van der Waals surface area contributed by atoms with Crippen LogP contribution in [-0.4, -0.2) is 50.4 Å². The summed E-state index contributed by atoms with van der Waals surface area (Å²) in [7, 11) is 1.65. The molecule has 0 aliphatic heterocycles. The number of nitrogens with zero attached hydrogens (tertiary/aromatic N) is 6. The topological polar surface area (TPSA) is 162 Å². The van der Waals surface area contributed by atoms with Gasteiger partial charge in [-0.2, -0.15) is 9.97 Å². The Kier molecular flexibility index (Phi) is 17.6. The molecule has 3 aromatic heterocycles. The first-order chi connectivity index (χ1) is 28.2. The third kappa shape index (κ3) is 14.3. The molecule has 59 heavy (non-hydrogen) atoms. The van der Waals surface area contributed by atoms with Crippen molar-refractivity contribution >= 4 is 41.1 Å². The highest BCUT2D eigenvalue weighted by molar-refractivity contribution is 7.99. The average molecular weight is 853 g/mol. The van der Waals surface area contributed by atoms with Gasteiger partial charge in [-0.15, -0.1) is 6.58 Å². The maximum Gasteiger partial charge on any atom is 0.257 e. The number of thioether (sulfide) groups is 3. The molecule has 0 unspecified atom stereocenters. The molecule has 15 heteroatoms. The van der Waals surface area contributed by atoms with E-state index in [9.17, 15) is 29.4 Å². The molecule has 0 radical (unpaired) electrons. The second-order valence-corrected chi connectivity index (χ2v) is 16.1. The third-order valence-electron chi connectivity index (χ3n) is 8.45. The van der Waals surface area contributed by atoms with E-state index in [0.717, 1.165) is 34.6 Å². The summed E-state index contributed by atoms with van der Waals surface area (Å²) in [6.45, 7) is 14.3. The minimum absolute atomic E-state index is 0.0194. The molecule has 0 bridgehead atoms. The van der Waals surface area contributed by atoms with Crippen molar-refractivity contribution in [1.82, 2.24) is 28.7 Å². The number of allylic oxidation sites excluding steroid dienone is 1. The Hall–Kier alpha value is -5.64. The highest BCUT2D eigenvalue weighted by atomic mass is 32.2. The molecule has 0 atom stereocenters. The zero-order valence-corrected chi connectivity index (χ0v) is 36.4. The van der Waals surface area contributed by atoms with Gasteiger partial charge in [0.25, 0.3) is 16.7 Å². The van der Waals surface area contributed by atoms with Gasteiger partial charge >= 0.3 is 0 Å². The number of benzene rings is 3. The molecule has 308 valence electrons. The Balaban J connectivity index is 0.000000197. The van der Waals surface area contributed by atoms with Gasteiger partial charge in [0.15, 0.2) is 21.3 Å². The van der Waals surface area contributed by atoms with E-state index in [1.54, 1.807) is 24.6 Å². The maximum absolute atomic E-state index is 12.2. The van der Waals surface area contributed by atoms with Crippen LogP contribution >= 0.6 is 35.3 Å². The molecule has 6 aromatic rings. The monoisotopic (exact) mass is 852 g/mol. The number of aryl methyl sites for hydroxylation is 4. The quantitative estimate of drug-likeness (QED) is 0.0506. The average Bonchev–Trinajstić information content (AvgIpc) is 3.20. The van der Waals surface area contributed by atoms with Crippen LogP contribution in [0.1, 0.15) is 50.8 Å². The van der Waals surface area contributed by atoms with Crippen LogP contribution in [0.2, 0.25) is 0 Å². The summed E-state index contributed by atoms with van der Waals surface area (Å²) in [6, 6.07) is 27.6. The minimum Gasteiger partial charge on any atom is -0.493 e. The number of carbonyl (C=O) groups is 1. The summed E-state index contributed by atoms with van der Waals surface area (Å²) in [6.07, 6.45) is 1.64. The highest BCUT2D eigenvalue weighted by Gasteiger charge is 2.12. The maximum atomic E-state index is 12.2. The summed E-state index contributed by atoms with van der Waals surface area (Å²) in [5, 5.41) is 20.3. The van der Waals surface area contributed by atoms with Crippen LogP contribution in [0.4, 0.5) is 0 Å². The Bertz CT molecular complexity index is 2540. The van der Waals surface area contributed by atoms with Gasteiger partial charge in [-0.3, -0.25) is 32.9 Å². The molecular formula is C44H48N6O6S3. The molecular weight excluding hydrogens is 805 g/mol. The smallest absolute Gasteiger partial charge is 0.257 e. The summed E-state index contributed by atoms with van der Waals surface area (Å²) < 4.78 is 4.50. The number of carbonyl (C=O) groups excluding carboxylic acids is 1. The first-order valence-electron chi connectivity index (χ1n) is 18.5. The van der Waals surface area contributed by atoms with Crippen LogP contribution in [0, 0.1) is 27.7 Å². The highest BCUT2D eigenvalue weighted by Crippen LogP contribution is 2.23. The molecule has 0 aliphatic rings. The Morgan fingerprint density at radius 2 is 1.10 bits per heavy atom. The number of aromatic hydroxyl groups is 2. The van der Waals surface area contributed by atoms with E-state index in [1.165, 1.54) is 61.6 Å². The van der Waals surface area contributed by atoms with Crippen molar-refractivity contribution in [2.24, 2.45) is 7.05 Å². The Morgan fingerprint density at radius 1 is 0.644 bits per heavy atom. The van der Waals surface area contributed by atoms with E-state index < -0.39 is 0 Å². The van der Waals surface area contributed by atoms with Crippen LogP contribution in [0.25, 0.3) is 0 Å². The summed E-state index contributed by atoms with van der Waals surface area (Å²) >= 11 is 4.15. The fraction of sp³-hybridized carbons (Fsp3) is 0.250. The van der Waals surface area contributed by atoms with Gasteiger partial charge in [0, 0.05) is 49.0 Å². The van der Waals surface area contributed by atoms with Gasteiger partial charge in [0.05, 0.1) is 17.9 Å². The standard InChI is InChI=1S/C17H18N2O2S.C14H16N2O2S.C13H14N2O2S/c1-4-9-19-16(21)10-13(3)18-17(19)22-11-15(20)14-7-5-12(2)6-8-14;1-3-16-13(18)8-12(17)15-14(16)19-9-11-6-4-10(2)5-7-11;1-9-3-5-10(6-4-9)8-18-13-14-11(16)7-12(17)15(13)2/h4-8,10H,1,9,11H2,2-3H3;4-8,17H,3,9H2,1-2H3;3-7,16H,8H2,1-2H3. The normalized spacial score (nSPS) is 10.5. The molecule has 0 saturated heterocycles. The third-order valence-corrected chi connectivity index (χ3v) is 11.6. The second kappa shape index (κ2) is 22.5. The Labute approximate surface area is 356 Å². The molecule has 12 nitrogen and oxygen atoms in total. The summed E-state index contributed by atoms with van der Waals surface area (Å²) in [4.78, 5) is 59.7. The van der Waals surface area contributed by atoms with E-state index in [0.29, 0.717) is 45.6 Å². The van der Waals surface area contributed by atoms with Crippen molar-refractivity contribution in [3.63, 3.8) is 0 Å². The molecule has 3 heterocycles. The van der Waals surface area contributed by atoms with Crippen LogP contribution in [0.15, 0.2) is 134 Å². The van der Waals surface area contributed by atoms with E-state index >= 15 is 0 Å². The lowest BCUT2D eigenvalue weighted by atomic mass is 10.1. The summed E-state index contributed by atoms with van der Waals surface area (Å²) in [5.74, 6) is 1.24. The number of aromatic nitrogens is 6. The van der Waals surface area contributed by atoms with Gasteiger partial charge in [0.2, 0.25) is 11.8 Å². The fourth-order valence-electron chi connectivity index (χ4n) is 5.13. The van der Waals surface area contributed by atoms with Crippen LogP contribution in [0.3, 0.4) is 0 Å². The van der Waals surface area contributed by atoms with Crippen molar-refractivity contribution < 1.29 is 15.0 Å². The first kappa shape index (κ1) is 46.1. The lowest BCUT2D eigenvalue weighted by Gasteiger charge is -2.10. The Morgan fingerprint density at radius 3 is 1.63 bits per heavy atom. The van der Waals surface area contributed by atoms with Crippen LogP contribution in [-0.2, 0) is 31.6 Å². The number of hydrogen-bond donors (Lipinski definition) is 2. The van der Waals surface area contributed by atoms with E-state index in [2.05, 4.69) is 45.8 Å². The molecule has 0 amide bonds. The van der Waals surface area contributed by atoms with Crippen molar-refractivity contribution in [1.29, 1.82) is 0 Å². The SMILES string of the molecule is C=CCn1c(SCC(=O)c2ccc(C)cc2)nc(C)cc1=O.CCn1c(SCc2ccc(C)cc2)nc(O)cc1=O.Cc1ccc(CSc2nc(O)cc(=O)n2C)cc1. The number of hydrogen-bond acceptors (Lipinski definition) is 12. The van der Waals surface area contributed by atoms with Crippen molar-refractivity contribution in [2.75, 3.05) is 5.75 Å². The van der Waals surface area contributed by atoms with E-state index in [1.807, 2.05) is 76.2 Å². The van der Waals surface area contributed by atoms with Gasteiger partial charge < -0.3 is 10.2 Å². The van der Waals surface area contributed by atoms with E-state index in [-0.39, 0.29) is 40.0 Å². The van der Waals surface area contributed by atoms with E-state index in [4.69, 9.17) is 0 Å². The van der Waals surface area contributed by atoms with Crippen molar-refractivity contribution in [2.45, 2.75) is 74.7 Å². The molecule has 2 N–H and O–H groups in total. The molecule has 0 aliphatic carbocycles. The molecule has 0 saturated carbocycles. The molecule has 0 fully saturated rings. The number of rotatable bonds is 13. The van der Waals surface area contributed by atoms with Gasteiger partial charge in [-0.25, -0.2) is 4.98 Å². The van der Waals surface area contributed by atoms with Crippen LogP contribution < -0.4 is 16.7 Å². The van der Waals surface area contributed by atoms with Crippen LogP contribution in [0.5, 0.6) is 11.8 Å². The molecule has 6 rings (SSSR count). The zero-order valence-electron chi connectivity index (χ0n) is 33.9. The predicted molar refractivity (Wildman–Crippen MR) is 238 cm³/mol. The zero-order chi connectivity index (χ0) is 43.1. The lowest BCUT2D eigenvalue weighted by Crippen LogP contribution is -2.22. The second-order valence-electron chi connectivity index (χ2n) is 13.3. The van der Waals surface area contributed by atoms with Gasteiger partial charge in [-0.1, -0.05) is 131 Å². The first-order valence-corrected chi connectivity index (χ1v) is 21.5. The fourth-order valence-corrected chi connectivity index (χ4v) is 8.04.